The van der Waals surface area contributed by atoms with E-state index in [1.807, 2.05) is 0 Å². The van der Waals surface area contributed by atoms with Crippen molar-refractivity contribution in [1.29, 1.82) is 5.26 Å². The number of hydrogen-bond acceptors (Lipinski definition) is 1. The normalized spacial score (nSPS) is 17.4. The molecule has 2 heteroatoms. The van der Waals surface area contributed by atoms with Gasteiger partial charge < -0.3 is 16.3 Å². The van der Waals surface area contributed by atoms with Gasteiger partial charge in [-0.3, -0.25) is 0 Å². The van der Waals surface area contributed by atoms with Gasteiger partial charge in [-0.2, -0.15) is 0 Å². The number of nitrogens with zero attached hydrogens (tertiary/aromatic N) is 2. The lowest BCUT2D eigenvalue weighted by Crippen LogP contribution is -2.41. The second-order valence-corrected chi connectivity index (χ2v) is 5.62. The minimum Gasteiger partial charge on any atom is -0.512 e. The fourth-order valence-corrected chi connectivity index (χ4v) is 2.77. The van der Waals surface area contributed by atoms with Crippen molar-refractivity contribution in [3.8, 4) is 0 Å². The van der Waals surface area contributed by atoms with Gasteiger partial charge in [0, 0.05) is 12.8 Å². The summed E-state index contributed by atoms with van der Waals surface area (Å²) in [6, 6.07) is 0. The van der Waals surface area contributed by atoms with Crippen LogP contribution in [0.1, 0.15) is 64.7 Å². The molecule has 0 aromatic carbocycles. The molecular weight excluding hydrogens is 208 g/mol. The summed E-state index contributed by atoms with van der Waals surface area (Å²) in [4.78, 5) is 0. The number of likely N-dealkylation sites (tertiary alicyclic amines) is 1. The Morgan fingerprint density at radius 1 is 0.882 bits per heavy atom. The lowest BCUT2D eigenvalue weighted by Gasteiger charge is -2.29. The molecule has 0 aromatic heterocycles. The molecule has 0 aliphatic carbocycles. The Morgan fingerprint density at radius 2 is 1.35 bits per heavy atom. The summed E-state index contributed by atoms with van der Waals surface area (Å²) >= 11 is 0. The zero-order valence-corrected chi connectivity index (χ0v) is 11.9. The maximum absolute atomic E-state index is 6.25. The highest BCUT2D eigenvalue weighted by Crippen LogP contribution is 2.18. The van der Waals surface area contributed by atoms with Crippen molar-refractivity contribution in [2.75, 3.05) is 26.7 Å². The molecule has 0 atom stereocenters. The number of unbranched alkanes of at least 4 members (excludes halogenated alkanes) is 6. The average molecular weight is 238 g/mol. The molecule has 2 nitrogen and oxygen atoms in total. The van der Waals surface area contributed by atoms with E-state index in [2.05, 4.69) is 14.0 Å². The molecule has 17 heavy (non-hydrogen) atoms. The van der Waals surface area contributed by atoms with E-state index in [-0.39, 0.29) is 0 Å². The van der Waals surface area contributed by atoms with Crippen LogP contribution in [0.4, 0.5) is 0 Å². The Balaban J connectivity index is 0.00000121. The Bertz CT molecular complexity index is 181. The van der Waals surface area contributed by atoms with Crippen LogP contribution >= 0.6 is 0 Å². The first-order chi connectivity index (χ1) is 8.27. The molecule has 0 unspecified atom stereocenters. The molecule has 1 saturated heterocycles. The van der Waals surface area contributed by atoms with Crippen molar-refractivity contribution in [2.24, 2.45) is 0 Å². The van der Waals surface area contributed by atoms with Gasteiger partial charge in [0.1, 0.15) is 0 Å². The average Bonchev–Trinajstić information content (AvgIpc) is 2.78. The standard InChI is InChI=1S/C14H30N.CN/c1-3-4-5-6-7-8-9-12-15(2)13-10-11-14-15;1-2/h3-14H2,1-2H3;/q+1;-1. The third kappa shape index (κ3) is 8.21. The Labute approximate surface area is 108 Å². The van der Waals surface area contributed by atoms with Crippen molar-refractivity contribution >= 4 is 0 Å². The van der Waals surface area contributed by atoms with E-state index in [4.69, 9.17) is 11.8 Å². The van der Waals surface area contributed by atoms with Gasteiger partial charge in [-0.25, -0.2) is 0 Å². The van der Waals surface area contributed by atoms with Crippen molar-refractivity contribution < 1.29 is 4.48 Å². The molecule has 1 aliphatic rings. The molecule has 1 fully saturated rings. The zero-order chi connectivity index (χ0) is 13.0. The molecular formula is C15H30N2. The topological polar surface area (TPSA) is 23.8 Å². The Morgan fingerprint density at radius 3 is 1.88 bits per heavy atom. The van der Waals surface area contributed by atoms with E-state index < -0.39 is 0 Å². The van der Waals surface area contributed by atoms with Gasteiger partial charge in [0.25, 0.3) is 0 Å². The monoisotopic (exact) mass is 238 g/mol. The van der Waals surface area contributed by atoms with E-state index >= 15 is 0 Å². The van der Waals surface area contributed by atoms with Crippen LogP contribution in [0.25, 0.3) is 0 Å². The predicted molar refractivity (Wildman–Crippen MR) is 73.0 cm³/mol. The fourth-order valence-electron chi connectivity index (χ4n) is 2.77. The van der Waals surface area contributed by atoms with Crippen molar-refractivity contribution in [3.05, 3.63) is 6.57 Å². The van der Waals surface area contributed by atoms with Crippen LogP contribution in [0, 0.1) is 11.8 Å². The molecule has 0 aromatic rings. The largest absolute Gasteiger partial charge is 0.512 e. The third-order valence-corrected chi connectivity index (χ3v) is 3.95. The van der Waals surface area contributed by atoms with E-state index in [0.717, 1.165) is 0 Å². The lowest BCUT2D eigenvalue weighted by molar-refractivity contribution is -0.897. The molecule has 1 rings (SSSR count). The number of quaternary nitrogens is 1. The number of hydrogen-bond donors (Lipinski definition) is 0. The summed E-state index contributed by atoms with van der Waals surface area (Å²) in [6.07, 6.45) is 13.1. The van der Waals surface area contributed by atoms with Crippen molar-refractivity contribution in [2.45, 2.75) is 64.7 Å². The van der Waals surface area contributed by atoms with Crippen LogP contribution < -0.4 is 0 Å². The molecule has 0 N–H and O–H groups in total. The van der Waals surface area contributed by atoms with Gasteiger partial charge in [0.05, 0.1) is 26.7 Å². The lowest BCUT2D eigenvalue weighted by atomic mass is 10.1. The minimum atomic E-state index is 1.37. The molecule has 100 valence electrons. The van der Waals surface area contributed by atoms with Gasteiger partial charge in [0.2, 0.25) is 0 Å². The van der Waals surface area contributed by atoms with Crippen molar-refractivity contribution in [1.82, 2.24) is 0 Å². The zero-order valence-electron chi connectivity index (χ0n) is 11.9. The molecule has 0 radical (unpaired) electrons. The molecule has 0 saturated carbocycles. The fraction of sp³-hybridized carbons (Fsp3) is 0.933. The van der Waals surface area contributed by atoms with E-state index in [1.165, 1.54) is 81.9 Å². The molecule has 0 spiro atoms. The van der Waals surface area contributed by atoms with E-state index in [1.54, 1.807) is 0 Å². The quantitative estimate of drug-likeness (QED) is 0.355. The highest BCUT2D eigenvalue weighted by molar-refractivity contribution is 4.52. The molecule has 0 bridgehead atoms. The summed E-state index contributed by atoms with van der Waals surface area (Å²) in [6.45, 7) is 11.4. The van der Waals surface area contributed by atoms with E-state index in [9.17, 15) is 0 Å². The van der Waals surface area contributed by atoms with Gasteiger partial charge in [-0.05, 0) is 12.8 Å². The summed E-state index contributed by atoms with van der Waals surface area (Å²) in [5, 5.41) is 6.25. The summed E-state index contributed by atoms with van der Waals surface area (Å²) < 4.78 is 1.37. The minimum absolute atomic E-state index is 1.37. The number of rotatable bonds is 8. The summed E-state index contributed by atoms with van der Waals surface area (Å²) in [5.41, 5.74) is 0. The first-order valence-electron chi connectivity index (χ1n) is 7.33. The van der Waals surface area contributed by atoms with Crippen LogP contribution in [0.3, 0.4) is 0 Å². The maximum atomic E-state index is 6.25. The Kier molecular flexibility index (Phi) is 10.3. The first-order valence-corrected chi connectivity index (χ1v) is 7.33. The summed E-state index contributed by atoms with van der Waals surface area (Å²) in [5.74, 6) is 0. The molecule has 1 aliphatic heterocycles. The highest BCUT2D eigenvalue weighted by Gasteiger charge is 2.25. The predicted octanol–water partition coefficient (Wildman–Crippen LogP) is 4.07. The SMILES string of the molecule is CCCCCCCCC[N+]1(C)CCCC1.[C-]#N. The third-order valence-electron chi connectivity index (χ3n) is 3.95. The van der Waals surface area contributed by atoms with Gasteiger partial charge in [0.15, 0.2) is 0 Å². The first kappa shape index (κ1) is 16.4. The van der Waals surface area contributed by atoms with Crippen LogP contribution in [-0.4, -0.2) is 31.2 Å². The highest BCUT2D eigenvalue weighted by atomic mass is 15.3. The summed E-state index contributed by atoms with van der Waals surface area (Å²) in [7, 11) is 2.45. The maximum Gasteiger partial charge on any atom is 0.0786 e. The van der Waals surface area contributed by atoms with Gasteiger partial charge in [-0.15, -0.1) is 0 Å². The van der Waals surface area contributed by atoms with Crippen LogP contribution in [-0.2, 0) is 0 Å². The van der Waals surface area contributed by atoms with Crippen molar-refractivity contribution in [3.63, 3.8) is 0 Å². The van der Waals surface area contributed by atoms with Gasteiger partial charge in [-0.1, -0.05) is 39.0 Å². The Hall–Kier alpha value is -0.550. The second-order valence-electron chi connectivity index (χ2n) is 5.62. The smallest absolute Gasteiger partial charge is 0.0786 e. The van der Waals surface area contributed by atoms with Crippen LogP contribution in [0.15, 0.2) is 0 Å². The van der Waals surface area contributed by atoms with E-state index in [0.29, 0.717) is 0 Å². The van der Waals surface area contributed by atoms with Crippen LogP contribution in [0.2, 0.25) is 0 Å². The van der Waals surface area contributed by atoms with Crippen LogP contribution in [0.5, 0.6) is 0 Å². The molecule has 0 amide bonds. The second kappa shape index (κ2) is 10.6. The van der Waals surface area contributed by atoms with Gasteiger partial charge >= 0.3 is 0 Å². The molecule has 1 heterocycles.